The molecular formula is C23H17ClN4O. The Balaban J connectivity index is 1.67. The van der Waals surface area contributed by atoms with Gasteiger partial charge in [0.1, 0.15) is 17.0 Å². The first-order valence-electron chi connectivity index (χ1n) is 9.19. The fraction of sp³-hybridized carbons (Fsp3) is 0.0870. The third kappa shape index (κ3) is 3.09. The van der Waals surface area contributed by atoms with Crippen LogP contribution in [0.15, 0.2) is 66.9 Å². The van der Waals surface area contributed by atoms with E-state index in [4.69, 9.17) is 21.4 Å². The highest BCUT2D eigenvalue weighted by atomic mass is 35.5. The number of fused-ring (bicyclic) bond motifs is 2. The maximum atomic E-state index is 6.02. The van der Waals surface area contributed by atoms with Gasteiger partial charge in [-0.05, 0) is 60.2 Å². The molecule has 0 N–H and O–H groups in total. The summed E-state index contributed by atoms with van der Waals surface area (Å²) >= 11 is 6.02. The van der Waals surface area contributed by atoms with E-state index >= 15 is 0 Å². The van der Waals surface area contributed by atoms with E-state index < -0.39 is 0 Å². The summed E-state index contributed by atoms with van der Waals surface area (Å²) < 4.78 is 7.16. The van der Waals surface area contributed by atoms with Crippen LogP contribution in [-0.4, -0.2) is 27.1 Å². The van der Waals surface area contributed by atoms with E-state index in [1.807, 2.05) is 60.3 Å². The third-order valence-corrected chi connectivity index (χ3v) is 5.28. The quantitative estimate of drug-likeness (QED) is 0.395. The lowest BCUT2D eigenvalue weighted by atomic mass is 10.0. The standard InChI is InChI=1S/C23H17ClN4O/c1-14-22-21(13-28(27-22)19-8-6-18(24)7-9-19)23(26-25-14)17-4-3-16-12-20(29-2)10-5-15(16)11-17/h3-13H,1-2H3. The van der Waals surface area contributed by atoms with Crippen molar-refractivity contribution in [1.82, 2.24) is 20.0 Å². The van der Waals surface area contributed by atoms with Gasteiger partial charge in [0.25, 0.3) is 0 Å². The number of benzene rings is 3. The van der Waals surface area contributed by atoms with Crippen molar-refractivity contribution in [2.75, 3.05) is 7.11 Å². The van der Waals surface area contributed by atoms with Gasteiger partial charge < -0.3 is 4.74 Å². The molecule has 3 aromatic carbocycles. The van der Waals surface area contributed by atoms with Crippen LogP contribution >= 0.6 is 11.6 Å². The molecule has 0 unspecified atom stereocenters. The molecule has 0 spiro atoms. The van der Waals surface area contributed by atoms with Gasteiger partial charge in [0.05, 0.1) is 23.9 Å². The third-order valence-electron chi connectivity index (χ3n) is 5.02. The molecule has 2 heterocycles. The molecule has 0 aliphatic heterocycles. The fourth-order valence-electron chi connectivity index (χ4n) is 3.48. The van der Waals surface area contributed by atoms with Gasteiger partial charge in [-0.3, -0.25) is 0 Å². The number of hydrogen-bond acceptors (Lipinski definition) is 4. The van der Waals surface area contributed by atoms with Crippen LogP contribution in [0.2, 0.25) is 5.02 Å². The molecular weight excluding hydrogens is 384 g/mol. The second kappa shape index (κ2) is 6.87. The average Bonchev–Trinajstić information content (AvgIpc) is 3.20. The molecule has 5 aromatic rings. The molecule has 142 valence electrons. The minimum absolute atomic E-state index is 0.693. The van der Waals surface area contributed by atoms with Crippen molar-refractivity contribution >= 4 is 33.3 Å². The molecule has 5 rings (SSSR count). The van der Waals surface area contributed by atoms with Crippen LogP contribution in [0.25, 0.3) is 38.6 Å². The Morgan fingerprint density at radius 3 is 2.45 bits per heavy atom. The van der Waals surface area contributed by atoms with Crippen molar-refractivity contribution < 1.29 is 4.74 Å². The molecule has 29 heavy (non-hydrogen) atoms. The van der Waals surface area contributed by atoms with Crippen molar-refractivity contribution in [3.63, 3.8) is 0 Å². The van der Waals surface area contributed by atoms with E-state index in [9.17, 15) is 0 Å². The maximum absolute atomic E-state index is 6.02. The topological polar surface area (TPSA) is 52.8 Å². The van der Waals surface area contributed by atoms with Crippen molar-refractivity contribution in [3.8, 4) is 22.7 Å². The zero-order valence-electron chi connectivity index (χ0n) is 15.9. The van der Waals surface area contributed by atoms with Gasteiger partial charge in [0.15, 0.2) is 0 Å². The smallest absolute Gasteiger partial charge is 0.119 e. The Morgan fingerprint density at radius 1 is 0.897 bits per heavy atom. The molecule has 6 heteroatoms. The van der Waals surface area contributed by atoms with E-state index in [1.165, 1.54) is 0 Å². The number of halogens is 1. The predicted octanol–water partition coefficient (Wildman–Crippen LogP) is 5.61. The number of methoxy groups -OCH3 is 1. The zero-order chi connectivity index (χ0) is 20.0. The Kier molecular flexibility index (Phi) is 4.18. The van der Waals surface area contributed by atoms with E-state index in [2.05, 4.69) is 28.4 Å². The van der Waals surface area contributed by atoms with E-state index in [-0.39, 0.29) is 0 Å². The minimum Gasteiger partial charge on any atom is -0.497 e. The Bertz CT molecular complexity index is 1360. The monoisotopic (exact) mass is 400 g/mol. The van der Waals surface area contributed by atoms with Crippen LogP contribution in [0, 0.1) is 6.92 Å². The lowest BCUT2D eigenvalue weighted by Crippen LogP contribution is -1.94. The van der Waals surface area contributed by atoms with Crippen molar-refractivity contribution in [1.29, 1.82) is 0 Å². The first kappa shape index (κ1) is 17.6. The van der Waals surface area contributed by atoms with Crippen LogP contribution in [0.4, 0.5) is 0 Å². The predicted molar refractivity (Wildman–Crippen MR) is 116 cm³/mol. The molecule has 0 fully saturated rings. The molecule has 0 bridgehead atoms. The summed E-state index contributed by atoms with van der Waals surface area (Å²) in [5.41, 5.74) is 4.36. The van der Waals surface area contributed by atoms with Crippen LogP contribution in [0.3, 0.4) is 0 Å². The molecule has 0 saturated carbocycles. The van der Waals surface area contributed by atoms with Crippen LogP contribution in [0.5, 0.6) is 5.75 Å². The first-order chi connectivity index (χ1) is 14.1. The molecule has 0 radical (unpaired) electrons. The van der Waals surface area contributed by atoms with E-state index in [0.717, 1.165) is 50.1 Å². The molecule has 0 amide bonds. The van der Waals surface area contributed by atoms with Crippen LogP contribution in [-0.2, 0) is 0 Å². The van der Waals surface area contributed by atoms with Gasteiger partial charge in [-0.15, -0.1) is 5.10 Å². The molecule has 0 saturated heterocycles. The summed E-state index contributed by atoms with van der Waals surface area (Å²) in [6.45, 7) is 1.92. The maximum Gasteiger partial charge on any atom is 0.119 e. The number of aromatic nitrogens is 4. The van der Waals surface area contributed by atoms with Gasteiger partial charge in [-0.25, -0.2) is 4.68 Å². The summed E-state index contributed by atoms with van der Waals surface area (Å²) in [6.07, 6.45) is 1.99. The number of rotatable bonds is 3. The summed E-state index contributed by atoms with van der Waals surface area (Å²) in [5.74, 6) is 0.840. The van der Waals surface area contributed by atoms with Crippen LogP contribution < -0.4 is 4.74 Å². The van der Waals surface area contributed by atoms with Crippen molar-refractivity contribution in [2.45, 2.75) is 6.92 Å². The normalized spacial score (nSPS) is 11.3. The molecule has 0 atom stereocenters. The highest BCUT2D eigenvalue weighted by Crippen LogP contribution is 2.31. The van der Waals surface area contributed by atoms with Crippen LogP contribution in [0.1, 0.15) is 5.69 Å². The Hall–Kier alpha value is -3.44. The second-order valence-electron chi connectivity index (χ2n) is 6.87. The second-order valence-corrected chi connectivity index (χ2v) is 7.31. The molecule has 5 nitrogen and oxygen atoms in total. The molecule has 0 aliphatic rings. The SMILES string of the molecule is COc1ccc2cc(-c3nnc(C)c4nn(-c5ccc(Cl)cc5)cc34)ccc2c1. The molecule has 0 aliphatic carbocycles. The van der Waals surface area contributed by atoms with Gasteiger partial charge in [0, 0.05) is 16.8 Å². The number of ether oxygens (including phenoxy) is 1. The average molecular weight is 401 g/mol. The largest absolute Gasteiger partial charge is 0.497 e. The van der Waals surface area contributed by atoms with Crippen molar-refractivity contribution in [2.24, 2.45) is 0 Å². The summed E-state index contributed by atoms with van der Waals surface area (Å²) in [7, 11) is 1.67. The van der Waals surface area contributed by atoms with Gasteiger partial charge in [-0.1, -0.05) is 29.8 Å². The van der Waals surface area contributed by atoms with Crippen molar-refractivity contribution in [3.05, 3.63) is 77.6 Å². The Labute approximate surface area is 172 Å². The van der Waals surface area contributed by atoms with Gasteiger partial charge in [0.2, 0.25) is 0 Å². The minimum atomic E-state index is 0.693. The highest BCUT2D eigenvalue weighted by molar-refractivity contribution is 6.30. The lowest BCUT2D eigenvalue weighted by molar-refractivity contribution is 0.415. The Morgan fingerprint density at radius 2 is 1.66 bits per heavy atom. The zero-order valence-corrected chi connectivity index (χ0v) is 16.7. The number of nitrogens with zero attached hydrogens (tertiary/aromatic N) is 4. The van der Waals surface area contributed by atoms with E-state index in [1.54, 1.807) is 7.11 Å². The number of hydrogen-bond donors (Lipinski definition) is 0. The summed E-state index contributed by atoms with van der Waals surface area (Å²) in [4.78, 5) is 0. The van der Waals surface area contributed by atoms with Gasteiger partial charge in [-0.2, -0.15) is 10.2 Å². The van der Waals surface area contributed by atoms with Gasteiger partial charge >= 0.3 is 0 Å². The summed E-state index contributed by atoms with van der Waals surface area (Å²) in [5, 5.41) is 17.5. The fourth-order valence-corrected chi connectivity index (χ4v) is 3.60. The van der Waals surface area contributed by atoms with E-state index in [0.29, 0.717) is 5.02 Å². The highest BCUT2D eigenvalue weighted by Gasteiger charge is 2.14. The molecule has 2 aromatic heterocycles. The first-order valence-corrected chi connectivity index (χ1v) is 9.57. The number of aryl methyl sites for hydroxylation is 1. The summed E-state index contributed by atoms with van der Waals surface area (Å²) in [6, 6.07) is 19.9. The lowest BCUT2D eigenvalue weighted by Gasteiger charge is -2.06.